The van der Waals surface area contributed by atoms with Crippen molar-refractivity contribution in [3.05, 3.63) is 193 Å². The Bertz CT molecular complexity index is 2930. The zero-order valence-corrected chi connectivity index (χ0v) is 30.5. The van der Waals surface area contributed by atoms with Gasteiger partial charge in [0.2, 0.25) is 0 Å². The van der Waals surface area contributed by atoms with Crippen LogP contribution in [0, 0.1) is 0 Å². The Morgan fingerprint density at radius 3 is 1.27 bits per heavy atom. The molecule has 0 spiro atoms. The molecule has 0 saturated heterocycles. The number of fused-ring (bicyclic) bond motifs is 9. The first-order valence-electron chi connectivity index (χ1n) is 18.8. The SMILES string of the molecule is CC1(C)c2cc(N(c3ccccc3)c3ccccc3)ccc2-c2ccc(N(c3cccc4c3oc3ccccc34)c3cccc4c3oc3ccccc34)cc21. The standard InChI is InChI=1S/C51H36N2O2/c1-51(2)43-31-35(52(33-15-5-3-6-16-33)34-17-7-4-8-18-34)27-29-37(43)38-30-28-36(32-44(38)51)53(45-23-13-21-41-39-19-9-11-25-47(39)54-49(41)45)46-24-14-22-42-40-20-10-12-26-48(40)55-50(42)46/h3-32H,1-2H3. The highest BCUT2D eigenvalue weighted by Crippen LogP contribution is 2.53. The number of furan rings is 2. The molecule has 10 aromatic rings. The summed E-state index contributed by atoms with van der Waals surface area (Å²) < 4.78 is 13.4. The van der Waals surface area contributed by atoms with E-state index in [2.05, 4.69) is 181 Å². The molecule has 0 aliphatic heterocycles. The van der Waals surface area contributed by atoms with Gasteiger partial charge in [-0.05, 0) is 95.1 Å². The van der Waals surface area contributed by atoms with Crippen LogP contribution < -0.4 is 9.80 Å². The Balaban J connectivity index is 1.11. The summed E-state index contributed by atoms with van der Waals surface area (Å²) in [5.74, 6) is 0. The van der Waals surface area contributed by atoms with Crippen LogP contribution >= 0.6 is 0 Å². The van der Waals surface area contributed by atoms with Gasteiger partial charge in [-0.3, -0.25) is 0 Å². The minimum absolute atomic E-state index is 0.280. The lowest BCUT2D eigenvalue weighted by Crippen LogP contribution is -2.17. The van der Waals surface area contributed by atoms with Crippen LogP contribution in [0.1, 0.15) is 25.0 Å². The van der Waals surface area contributed by atoms with Gasteiger partial charge in [-0.1, -0.05) is 123 Å². The fourth-order valence-corrected chi connectivity index (χ4v) is 8.82. The van der Waals surface area contributed by atoms with Crippen LogP contribution in [0.2, 0.25) is 0 Å². The van der Waals surface area contributed by atoms with Crippen LogP contribution in [0.5, 0.6) is 0 Å². The summed E-state index contributed by atoms with van der Waals surface area (Å²) in [5.41, 5.74) is 14.6. The molecular formula is C51H36N2O2. The highest BCUT2D eigenvalue weighted by molar-refractivity contribution is 6.14. The summed E-state index contributed by atoms with van der Waals surface area (Å²) in [7, 11) is 0. The maximum atomic E-state index is 6.69. The van der Waals surface area contributed by atoms with Crippen molar-refractivity contribution in [2.45, 2.75) is 19.3 Å². The van der Waals surface area contributed by atoms with Gasteiger partial charge in [0.15, 0.2) is 11.2 Å². The quantitative estimate of drug-likeness (QED) is 0.172. The van der Waals surface area contributed by atoms with Crippen LogP contribution in [0.25, 0.3) is 55.0 Å². The van der Waals surface area contributed by atoms with Gasteiger partial charge in [0.05, 0.1) is 11.4 Å². The maximum absolute atomic E-state index is 6.69. The minimum Gasteiger partial charge on any atom is -0.454 e. The number of rotatable bonds is 6. The van der Waals surface area contributed by atoms with Crippen LogP contribution in [-0.2, 0) is 5.41 Å². The Morgan fingerprint density at radius 2 is 0.782 bits per heavy atom. The normalized spacial score (nSPS) is 13.1. The first-order chi connectivity index (χ1) is 27.0. The van der Waals surface area contributed by atoms with E-state index < -0.39 is 0 Å². The van der Waals surface area contributed by atoms with E-state index in [1.54, 1.807) is 0 Å². The fraction of sp³-hybridized carbons (Fsp3) is 0.0588. The molecule has 0 amide bonds. The Kier molecular flexibility index (Phi) is 6.86. The molecule has 2 heterocycles. The summed E-state index contributed by atoms with van der Waals surface area (Å²) in [6.07, 6.45) is 0. The number of hydrogen-bond donors (Lipinski definition) is 0. The van der Waals surface area contributed by atoms with Gasteiger partial charge in [0, 0.05) is 49.7 Å². The second-order valence-corrected chi connectivity index (χ2v) is 14.9. The minimum atomic E-state index is -0.280. The van der Waals surface area contributed by atoms with Gasteiger partial charge in [-0.15, -0.1) is 0 Å². The van der Waals surface area contributed by atoms with E-state index in [1.807, 2.05) is 24.3 Å². The predicted molar refractivity (Wildman–Crippen MR) is 228 cm³/mol. The van der Waals surface area contributed by atoms with Crippen molar-refractivity contribution in [1.82, 2.24) is 0 Å². The van der Waals surface area contributed by atoms with Gasteiger partial charge >= 0.3 is 0 Å². The zero-order valence-electron chi connectivity index (χ0n) is 30.5. The molecule has 1 aliphatic carbocycles. The highest BCUT2D eigenvalue weighted by atomic mass is 16.3. The van der Waals surface area contributed by atoms with Crippen molar-refractivity contribution in [3.63, 3.8) is 0 Å². The van der Waals surface area contributed by atoms with Gasteiger partial charge in [0.25, 0.3) is 0 Å². The number of para-hydroxylation sites is 6. The molecule has 2 aromatic heterocycles. The zero-order chi connectivity index (χ0) is 36.7. The van der Waals surface area contributed by atoms with E-state index in [9.17, 15) is 0 Å². The fourth-order valence-electron chi connectivity index (χ4n) is 8.82. The summed E-state index contributed by atoms with van der Waals surface area (Å²) >= 11 is 0. The average molecular weight is 709 g/mol. The summed E-state index contributed by atoms with van der Waals surface area (Å²) in [5, 5.41) is 4.36. The Morgan fingerprint density at radius 1 is 0.364 bits per heavy atom. The molecule has 4 nitrogen and oxygen atoms in total. The first kappa shape index (κ1) is 31.5. The van der Waals surface area contributed by atoms with Crippen LogP contribution in [-0.4, -0.2) is 0 Å². The Labute approximate surface area is 319 Å². The van der Waals surface area contributed by atoms with E-state index in [1.165, 1.54) is 22.3 Å². The number of nitrogens with zero attached hydrogens (tertiary/aromatic N) is 2. The summed E-state index contributed by atoms with van der Waals surface area (Å²) in [6, 6.07) is 64.6. The van der Waals surface area contributed by atoms with Crippen molar-refractivity contribution < 1.29 is 8.83 Å². The van der Waals surface area contributed by atoms with Crippen LogP contribution in [0.3, 0.4) is 0 Å². The van der Waals surface area contributed by atoms with Crippen molar-refractivity contribution in [3.8, 4) is 11.1 Å². The molecule has 55 heavy (non-hydrogen) atoms. The monoisotopic (exact) mass is 708 g/mol. The van der Waals surface area contributed by atoms with Gasteiger partial charge < -0.3 is 18.6 Å². The smallest absolute Gasteiger partial charge is 0.159 e. The van der Waals surface area contributed by atoms with Crippen molar-refractivity contribution in [2.75, 3.05) is 9.80 Å². The second kappa shape index (κ2) is 12.0. The van der Waals surface area contributed by atoms with Gasteiger partial charge in [0.1, 0.15) is 11.2 Å². The molecule has 4 heteroatoms. The lowest BCUT2D eigenvalue weighted by Gasteiger charge is -2.29. The highest BCUT2D eigenvalue weighted by Gasteiger charge is 2.37. The molecule has 8 aromatic carbocycles. The largest absolute Gasteiger partial charge is 0.454 e. The third-order valence-corrected chi connectivity index (χ3v) is 11.4. The number of hydrogen-bond acceptors (Lipinski definition) is 4. The van der Waals surface area contributed by atoms with Crippen LogP contribution in [0.15, 0.2) is 191 Å². The molecule has 0 atom stereocenters. The van der Waals surface area contributed by atoms with E-state index in [0.717, 1.165) is 78.0 Å². The molecule has 0 fully saturated rings. The summed E-state index contributed by atoms with van der Waals surface area (Å²) in [6.45, 7) is 4.70. The third kappa shape index (κ3) is 4.78. The molecule has 1 aliphatic rings. The number of anilines is 6. The van der Waals surface area contributed by atoms with Crippen molar-refractivity contribution >= 4 is 78.0 Å². The maximum Gasteiger partial charge on any atom is 0.159 e. The van der Waals surface area contributed by atoms with E-state index in [0.29, 0.717) is 0 Å². The lowest BCUT2D eigenvalue weighted by atomic mass is 9.82. The van der Waals surface area contributed by atoms with E-state index in [4.69, 9.17) is 8.83 Å². The van der Waals surface area contributed by atoms with Crippen molar-refractivity contribution in [1.29, 1.82) is 0 Å². The first-order valence-corrected chi connectivity index (χ1v) is 18.8. The molecule has 11 rings (SSSR count). The molecule has 0 unspecified atom stereocenters. The average Bonchev–Trinajstić information content (AvgIpc) is 3.88. The van der Waals surface area contributed by atoms with Crippen LogP contribution in [0.4, 0.5) is 34.1 Å². The molecule has 0 bridgehead atoms. The second-order valence-electron chi connectivity index (χ2n) is 14.9. The molecule has 0 N–H and O–H groups in total. The number of benzene rings is 8. The molecule has 0 radical (unpaired) electrons. The lowest BCUT2D eigenvalue weighted by molar-refractivity contribution is 0.660. The van der Waals surface area contributed by atoms with E-state index in [-0.39, 0.29) is 5.41 Å². The van der Waals surface area contributed by atoms with E-state index >= 15 is 0 Å². The molecular weight excluding hydrogens is 673 g/mol. The Hall–Kier alpha value is -7.04. The topological polar surface area (TPSA) is 32.8 Å². The summed E-state index contributed by atoms with van der Waals surface area (Å²) in [4.78, 5) is 4.67. The van der Waals surface area contributed by atoms with Gasteiger partial charge in [-0.25, -0.2) is 0 Å². The predicted octanol–water partition coefficient (Wildman–Crippen LogP) is 14.7. The molecule has 0 saturated carbocycles. The van der Waals surface area contributed by atoms with Gasteiger partial charge in [-0.2, -0.15) is 0 Å². The molecule has 262 valence electrons. The van der Waals surface area contributed by atoms with Crippen molar-refractivity contribution in [2.24, 2.45) is 0 Å². The third-order valence-electron chi connectivity index (χ3n) is 11.4.